The summed E-state index contributed by atoms with van der Waals surface area (Å²) in [6, 6.07) is 6.24. The zero-order valence-electron chi connectivity index (χ0n) is 11.0. The van der Waals surface area contributed by atoms with Gasteiger partial charge in [0.2, 0.25) is 0 Å². The van der Waals surface area contributed by atoms with Gasteiger partial charge in [-0.3, -0.25) is 9.88 Å². The van der Waals surface area contributed by atoms with Crippen LogP contribution in [0.1, 0.15) is 31.5 Å². The minimum absolute atomic E-state index is 0.0607. The second-order valence-corrected chi connectivity index (χ2v) is 5.22. The van der Waals surface area contributed by atoms with Gasteiger partial charge in [0.05, 0.1) is 11.7 Å². The predicted octanol–water partition coefficient (Wildman–Crippen LogP) is 1.17. The first-order chi connectivity index (χ1) is 8.72. The molecule has 0 aliphatic carbocycles. The molecule has 1 aromatic rings. The third-order valence-corrected chi connectivity index (χ3v) is 3.79. The van der Waals surface area contributed by atoms with E-state index < -0.39 is 0 Å². The quantitative estimate of drug-likeness (QED) is 0.841. The van der Waals surface area contributed by atoms with Crippen LogP contribution in [0.4, 0.5) is 0 Å². The van der Waals surface area contributed by atoms with E-state index in [1.165, 1.54) is 0 Å². The van der Waals surface area contributed by atoms with Gasteiger partial charge in [0.15, 0.2) is 0 Å². The Hall–Kier alpha value is -0.970. The predicted molar refractivity (Wildman–Crippen MR) is 72.0 cm³/mol. The van der Waals surface area contributed by atoms with Gasteiger partial charge in [0.25, 0.3) is 0 Å². The normalized spacial score (nSPS) is 21.7. The van der Waals surface area contributed by atoms with Crippen molar-refractivity contribution in [2.24, 2.45) is 11.7 Å². The Morgan fingerprint density at radius 2 is 2.17 bits per heavy atom. The lowest BCUT2D eigenvalue weighted by atomic mass is 9.94. The van der Waals surface area contributed by atoms with Crippen LogP contribution in [0.3, 0.4) is 0 Å². The van der Waals surface area contributed by atoms with Gasteiger partial charge in [0, 0.05) is 18.8 Å². The fourth-order valence-electron chi connectivity index (χ4n) is 2.75. The number of rotatable bonds is 4. The Balaban J connectivity index is 2.08. The van der Waals surface area contributed by atoms with Crippen molar-refractivity contribution in [3.63, 3.8) is 0 Å². The summed E-state index contributed by atoms with van der Waals surface area (Å²) in [6.45, 7) is 4.33. The number of pyridine rings is 1. The van der Waals surface area contributed by atoms with E-state index in [9.17, 15) is 5.11 Å². The molecule has 100 valence electrons. The highest BCUT2D eigenvalue weighted by atomic mass is 16.3. The van der Waals surface area contributed by atoms with Crippen molar-refractivity contribution in [3.05, 3.63) is 30.1 Å². The molecule has 1 saturated heterocycles. The van der Waals surface area contributed by atoms with Crippen LogP contribution >= 0.6 is 0 Å². The second kappa shape index (κ2) is 6.27. The Morgan fingerprint density at radius 3 is 2.67 bits per heavy atom. The van der Waals surface area contributed by atoms with Crippen LogP contribution < -0.4 is 5.73 Å². The summed E-state index contributed by atoms with van der Waals surface area (Å²) in [7, 11) is 0. The van der Waals surface area contributed by atoms with Crippen LogP contribution in [0.5, 0.6) is 0 Å². The minimum atomic E-state index is 0.0607. The van der Waals surface area contributed by atoms with Crippen molar-refractivity contribution in [1.29, 1.82) is 0 Å². The lowest BCUT2D eigenvalue weighted by Gasteiger charge is -2.38. The lowest BCUT2D eigenvalue weighted by Crippen LogP contribution is -2.44. The van der Waals surface area contributed by atoms with E-state index in [0.717, 1.165) is 31.6 Å². The van der Waals surface area contributed by atoms with Crippen molar-refractivity contribution < 1.29 is 5.11 Å². The molecule has 4 heteroatoms. The molecule has 0 saturated carbocycles. The summed E-state index contributed by atoms with van der Waals surface area (Å²) in [4.78, 5) is 6.85. The standard InChI is InChI=1S/C14H23N3O/c1-11(15)14(13-4-2-3-7-16-13)17-8-5-12(10-18)6-9-17/h2-4,7,11-12,14,18H,5-6,8-10,15H2,1H3. The number of aliphatic hydroxyl groups excluding tert-OH is 1. The zero-order valence-corrected chi connectivity index (χ0v) is 11.0. The second-order valence-electron chi connectivity index (χ2n) is 5.22. The summed E-state index contributed by atoms with van der Waals surface area (Å²) in [5.41, 5.74) is 7.19. The molecule has 0 aromatic carbocycles. The molecule has 2 rings (SSSR count). The van der Waals surface area contributed by atoms with Gasteiger partial charge < -0.3 is 10.8 Å². The van der Waals surface area contributed by atoms with Crippen LogP contribution in [0.15, 0.2) is 24.4 Å². The van der Waals surface area contributed by atoms with E-state index in [4.69, 9.17) is 5.73 Å². The largest absolute Gasteiger partial charge is 0.396 e. The first-order valence-corrected chi connectivity index (χ1v) is 6.73. The molecule has 2 heterocycles. The van der Waals surface area contributed by atoms with Crippen LogP contribution in [0, 0.1) is 5.92 Å². The smallest absolute Gasteiger partial charge is 0.0670 e. The van der Waals surface area contributed by atoms with Crippen LogP contribution in [0.25, 0.3) is 0 Å². The highest BCUT2D eigenvalue weighted by molar-refractivity contribution is 5.11. The van der Waals surface area contributed by atoms with Gasteiger partial charge in [-0.15, -0.1) is 0 Å². The number of aromatic nitrogens is 1. The average molecular weight is 249 g/mol. The Morgan fingerprint density at radius 1 is 1.44 bits per heavy atom. The molecule has 0 spiro atoms. The van der Waals surface area contributed by atoms with E-state index in [-0.39, 0.29) is 12.1 Å². The van der Waals surface area contributed by atoms with E-state index in [1.54, 1.807) is 0 Å². The van der Waals surface area contributed by atoms with Crippen molar-refractivity contribution in [1.82, 2.24) is 9.88 Å². The molecular weight excluding hydrogens is 226 g/mol. The summed E-state index contributed by atoms with van der Waals surface area (Å²) in [5.74, 6) is 0.457. The number of nitrogens with zero attached hydrogens (tertiary/aromatic N) is 2. The molecule has 3 N–H and O–H groups in total. The fourth-order valence-corrected chi connectivity index (χ4v) is 2.75. The Kier molecular flexibility index (Phi) is 4.69. The van der Waals surface area contributed by atoms with Gasteiger partial charge >= 0.3 is 0 Å². The number of aliphatic hydroxyl groups is 1. The maximum absolute atomic E-state index is 9.19. The third-order valence-electron chi connectivity index (χ3n) is 3.79. The van der Waals surface area contributed by atoms with Gasteiger partial charge in [-0.2, -0.15) is 0 Å². The van der Waals surface area contributed by atoms with Gasteiger partial charge in [-0.25, -0.2) is 0 Å². The van der Waals surface area contributed by atoms with E-state index in [0.29, 0.717) is 12.5 Å². The van der Waals surface area contributed by atoms with Crippen LogP contribution in [-0.4, -0.2) is 40.7 Å². The maximum Gasteiger partial charge on any atom is 0.0670 e. The summed E-state index contributed by atoms with van der Waals surface area (Å²) in [6.07, 6.45) is 3.92. The van der Waals surface area contributed by atoms with E-state index in [1.807, 2.05) is 31.3 Å². The summed E-state index contributed by atoms with van der Waals surface area (Å²) >= 11 is 0. The molecule has 0 amide bonds. The molecule has 0 bridgehead atoms. The fraction of sp³-hybridized carbons (Fsp3) is 0.643. The van der Waals surface area contributed by atoms with Crippen molar-refractivity contribution in [3.8, 4) is 0 Å². The molecule has 2 atom stereocenters. The zero-order chi connectivity index (χ0) is 13.0. The summed E-state index contributed by atoms with van der Waals surface area (Å²) in [5, 5.41) is 9.19. The molecule has 4 nitrogen and oxygen atoms in total. The number of piperidine rings is 1. The number of nitrogens with two attached hydrogens (primary N) is 1. The minimum Gasteiger partial charge on any atom is -0.396 e. The van der Waals surface area contributed by atoms with Gasteiger partial charge in [-0.1, -0.05) is 6.07 Å². The van der Waals surface area contributed by atoms with Crippen molar-refractivity contribution in [2.45, 2.75) is 31.8 Å². The monoisotopic (exact) mass is 249 g/mol. The molecule has 1 aliphatic rings. The number of hydrogen-bond acceptors (Lipinski definition) is 4. The van der Waals surface area contributed by atoms with Gasteiger partial charge in [-0.05, 0) is 50.9 Å². The maximum atomic E-state index is 9.19. The Bertz CT molecular complexity index is 347. The first kappa shape index (κ1) is 13.5. The third kappa shape index (κ3) is 3.07. The molecule has 1 fully saturated rings. The van der Waals surface area contributed by atoms with E-state index in [2.05, 4.69) is 9.88 Å². The van der Waals surface area contributed by atoms with Crippen molar-refractivity contribution >= 4 is 0 Å². The van der Waals surface area contributed by atoms with Crippen molar-refractivity contribution in [2.75, 3.05) is 19.7 Å². The van der Waals surface area contributed by atoms with E-state index >= 15 is 0 Å². The SMILES string of the molecule is CC(N)C(c1ccccn1)N1CCC(CO)CC1. The lowest BCUT2D eigenvalue weighted by molar-refractivity contribution is 0.0898. The Labute approximate surface area is 109 Å². The van der Waals surface area contributed by atoms with Crippen LogP contribution in [0.2, 0.25) is 0 Å². The molecular formula is C14H23N3O. The molecule has 1 aliphatic heterocycles. The first-order valence-electron chi connectivity index (χ1n) is 6.73. The molecule has 1 aromatic heterocycles. The molecule has 0 radical (unpaired) electrons. The number of likely N-dealkylation sites (tertiary alicyclic amines) is 1. The molecule has 2 unspecified atom stereocenters. The highest BCUT2D eigenvalue weighted by Crippen LogP contribution is 2.27. The molecule has 18 heavy (non-hydrogen) atoms. The average Bonchev–Trinajstić information content (AvgIpc) is 2.40. The highest BCUT2D eigenvalue weighted by Gasteiger charge is 2.28. The number of hydrogen-bond donors (Lipinski definition) is 2. The van der Waals surface area contributed by atoms with Crippen LogP contribution in [-0.2, 0) is 0 Å². The summed E-state index contributed by atoms with van der Waals surface area (Å²) < 4.78 is 0. The topological polar surface area (TPSA) is 62.4 Å². The van der Waals surface area contributed by atoms with Gasteiger partial charge in [0.1, 0.15) is 0 Å².